The molecule has 1 aromatic rings. The molecule has 1 aliphatic heterocycles. The number of nitrogens with zero attached hydrogens (tertiary/aromatic N) is 1. The van der Waals surface area contributed by atoms with Crippen LogP contribution in [0.25, 0.3) is 0 Å². The Bertz CT molecular complexity index is 582. The summed E-state index contributed by atoms with van der Waals surface area (Å²) >= 11 is 0. The molecule has 1 aromatic heterocycles. The molecule has 0 aromatic carbocycles. The Kier molecular flexibility index (Phi) is 4.04. The number of morpholine rings is 1. The highest BCUT2D eigenvalue weighted by Gasteiger charge is 2.26. The van der Waals surface area contributed by atoms with Gasteiger partial charge in [0.15, 0.2) is 5.88 Å². The Labute approximate surface area is 113 Å². The molecule has 0 radical (unpaired) electrons. The minimum Gasteiger partial charge on any atom is -0.494 e. The monoisotopic (exact) mass is 282 g/mol. The number of amides is 1. The standard InChI is InChI=1S/C12H14N2O6/c15-9-3-7(4-10(16)13-9)12(19)14-1-2-20-8(6-14)5-11(17)18/h3-4,8H,1-2,5-6H2,(H,17,18)(H2,13,15,16). The highest BCUT2D eigenvalue weighted by Crippen LogP contribution is 2.13. The third-order valence-corrected chi connectivity index (χ3v) is 2.91. The first-order valence-corrected chi connectivity index (χ1v) is 6.01. The van der Waals surface area contributed by atoms with E-state index in [1.54, 1.807) is 0 Å². The largest absolute Gasteiger partial charge is 0.494 e. The number of aliphatic carboxylic acids is 1. The summed E-state index contributed by atoms with van der Waals surface area (Å²) in [4.78, 5) is 37.6. The second kappa shape index (κ2) is 5.74. The molecule has 0 saturated carbocycles. The first kappa shape index (κ1) is 14.1. The number of aromatic amines is 1. The molecule has 1 saturated heterocycles. The van der Waals surface area contributed by atoms with Crippen LogP contribution in [0.3, 0.4) is 0 Å². The van der Waals surface area contributed by atoms with Gasteiger partial charge < -0.3 is 19.8 Å². The molecule has 0 spiro atoms. The van der Waals surface area contributed by atoms with Crippen LogP contribution in [0.15, 0.2) is 16.9 Å². The van der Waals surface area contributed by atoms with Crippen LogP contribution in [0.2, 0.25) is 0 Å². The first-order valence-electron chi connectivity index (χ1n) is 6.01. The summed E-state index contributed by atoms with van der Waals surface area (Å²) in [7, 11) is 0. The summed E-state index contributed by atoms with van der Waals surface area (Å²) < 4.78 is 5.26. The van der Waals surface area contributed by atoms with Crippen molar-refractivity contribution >= 4 is 11.9 Å². The summed E-state index contributed by atoms with van der Waals surface area (Å²) in [5, 5.41) is 18.0. The number of nitrogens with one attached hydrogen (secondary N) is 1. The van der Waals surface area contributed by atoms with Gasteiger partial charge in [0.05, 0.1) is 24.7 Å². The second-order valence-electron chi connectivity index (χ2n) is 4.46. The van der Waals surface area contributed by atoms with E-state index in [1.165, 1.54) is 4.90 Å². The summed E-state index contributed by atoms with van der Waals surface area (Å²) in [6.45, 7) is 0.681. The Morgan fingerprint density at radius 1 is 1.45 bits per heavy atom. The van der Waals surface area contributed by atoms with Gasteiger partial charge >= 0.3 is 5.97 Å². The SMILES string of the molecule is O=C(O)CC1CN(C(=O)c2cc(O)[nH]c(=O)c2)CCO1. The maximum atomic E-state index is 12.2. The molecule has 1 amide bonds. The molecular formula is C12H14N2O6. The second-order valence-corrected chi connectivity index (χ2v) is 4.46. The normalized spacial score (nSPS) is 18.8. The van der Waals surface area contributed by atoms with Crippen molar-refractivity contribution in [3.8, 4) is 5.88 Å². The van der Waals surface area contributed by atoms with E-state index in [2.05, 4.69) is 4.98 Å². The minimum absolute atomic E-state index is 0.0576. The summed E-state index contributed by atoms with van der Waals surface area (Å²) in [6.07, 6.45) is -0.759. The van der Waals surface area contributed by atoms with Gasteiger partial charge in [-0.25, -0.2) is 0 Å². The molecule has 1 fully saturated rings. The summed E-state index contributed by atoms with van der Waals surface area (Å²) in [6, 6.07) is 2.25. The van der Waals surface area contributed by atoms with Gasteiger partial charge in [0.25, 0.3) is 11.5 Å². The van der Waals surface area contributed by atoms with Gasteiger partial charge in [0.2, 0.25) is 0 Å². The zero-order valence-electron chi connectivity index (χ0n) is 10.5. The number of aromatic hydroxyl groups is 1. The fourth-order valence-electron chi connectivity index (χ4n) is 2.06. The molecule has 2 rings (SSSR count). The zero-order valence-corrected chi connectivity index (χ0v) is 10.5. The third kappa shape index (κ3) is 3.35. The van der Waals surface area contributed by atoms with Crippen LogP contribution in [0, 0.1) is 0 Å². The average molecular weight is 282 g/mol. The number of hydrogen-bond acceptors (Lipinski definition) is 5. The molecule has 8 nitrogen and oxygen atoms in total. The third-order valence-electron chi connectivity index (χ3n) is 2.91. The van der Waals surface area contributed by atoms with E-state index in [-0.39, 0.29) is 25.1 Å². The number of pyridine rings is 1. The van der Waals surface area contributed by atoms with Crippen molar-refractivity contribution < 1.29 is 24.5 Å². The number of carbonyl (C=O) groups excluding carboxylic acids is 1. The molecule has 1 atom stereocenters. The van der Waals surface area contributed by atoms with Gasteiger partial charge in [-0.15, -0.1) is 0 Å². The highest BCUT2D eigenvalue weighted by molar-refractivity contribution is 5.94. The topological polar surface area (TPSA) is 120 Å². The number of ether oxygens (including phenoxy) is 1. The van der Waals surface area contributed by atoms with Gasteiger partial charge in [0, 0.05) is 25.2 Å². The quantitative estimate of drug-likeness (QED) is 0.680. The van der Waals surface area contributed by atoms with Gasteiger partial charge in [-0.1, -0.05) is 0 Å². The Hall–Kier alpha value is -2.35. The molecule has 1 aliphatic rings. The van der Waals surface area contributed by atoms with Crippen LogP contribution in [0.4, 0.5) is 0 Å². The van der Waals surface area contributed by atoms with Crippen LogP contribution < -0.4 is 5.56 Å². The lowest BCUT2D eigenvalue weighted by Gasteiger charge is -2.32. The lowest BCUT2D eigenvalue weighted by Crippen LogP contribution is -2.46. The first-order chi connectivity index (χ1) is 9.45. The van der Waals surface area contributed by atoms with Crippen LogP contribution in [0.1, 0.15) is 16.8 Å². The van der Waals surface area contributed by atoms with Crippen molar-refractivity contribution in [1.82, 2.24) is 9.88 Å². The van der Waals surface area contributed by atoms with Crippen LogP contribution >= 0.6 is 0 Å². The predicted octanol–water partition coefficient (Wildman–Crippen LogP) is -0.604. The zero-order chi connectivity index (χ0) is 14.7. The van der Waals surface area contributed by atoms with E-state index in [0.717, 1.165) is 12.1 Å². The summed E-state index contributed by atoms with van der Waals surface area (Å²) in [5.41, 5.74) is -0.522. The van der Waals surface area contributed by atoms with Gasteiger partial charge in [-0.3, -0.25) is 19.4 Å². The Morgan fingerprint density at radius 2 is 2.20 bits per heavy atom. The predicted molar refractivity (Wildman–Crippen MR) is 66.6 cm³/mol. The fourth-order valence-corrected chi connectivity index (χ4v) is 2.06. The Morgan fingerprint density at radius 3 is 2.85 bits per heavy atom. The molecule has 0 aliphatic carbocycles. The number of rotatable bonds is 3. The smallest absolute Gasteiger partial charge is 0.306 e. The number of carbonyl (C=O) groups is 2. The lowest BCUT2D eigenvalue weighted by atomic mass is 10.1. The molecule has 3 N–H and O–H groups in total. The molecule has 20 heavy (non-hydrogen) atoms. The lowest BCUT2D eigenvalue weighted by molar-refractivity contribution is -0.141. The number of H-pyrrole nitrogens is 1. The number of carboxylic acid groups (broad SMARTS) is 1. The minimum atomic E-state index is -1.00. The van der Waals surface area contributed by atoms with Crippen molar-refractivity contribution in [3.63, 3.8) is 0 Å². The van der Waals surface area contributed by atoms with Crippen molar-refractivity contribution in [2.75, 3.05) is 19.7 Å². The van der Waals surface area contributed by atoms with E-state index in [1.807, 2.05) is 0 Å². The molecule has 8 heteroatoms. The maximum Gasteiger partial charge on any atom is 0.306 e. The maximum absolute atomic E-state index is 12.2. The molecule has 0 bridgehead atoms. The van der Waals surface area contributed by atoms with Crippen LogP contribution in [0.5, 0.6) is 5.88 Å². The number of carboxylic acids is 1. The van der Waals surface area contributed by atoms with Crippen LogP contribution in [-0.4, -0.2) is 57.8 Å². The van der Waals surface area contributed by atoms with Crippen molar-refractivity contribution in [2.24, 2.45) is 0 Å². The van der Waals surface area contributed by atoms with E-state index in [9.17, 15) is 19.5 Å². The van der Waals surface area contributed by atoms with Gasteiger partial charge in [0.1, 0.15) is 0 Å². The van der Waals surface area contributed by atoms with Gasteiger partial charge in [-0.2, -0.15) is 0 Å². The molecule has 108 valence electrons. The van der Waals surface area contributed by atoms with E-state index < -0.39 is 29.4 Å². The molecular weight excluding hydrogens is 268 g/mol. The fraction of sp³-hybridized carbons (Fsp3) is 0.417. The van der Waals surface area contributed by atoms with Crippen molar-refractivity contribution in [1.29, 1.82) is 0 Å². The highest BCUT2D eigenvalue weighted by atomic mass is 16.5. The molecule has 1 unspecified atom stereocenters. The van der Waals surface area contributed by atoms with Gasteiger partial charge in [-0.05, 0) is 0 Å². The Balaban J connectivity index is 2.12. The number of hydrogen-bond donors (Lipinski definition) is 3. The average Bonchev–Trinajstić information content (AvgIpc) is 2.36. The van der Waals surface area contributed by atoms with Crippen molar-refractivity contribution in [3.05, 3.63) is 28.0 Å². The summed E-state index contributed by atoms with van der Waals surface area (Å²) in [5.74, 6) is -1.83. The van der Waals surface area contributed by atoms with E-state index in [4.69, 9.17) is 9.84 Å². The van der Waals surface area contributed by atoms with Crippen molar-refractivity contribution in [2.45, 2.75) is 12.5 Å². The van der Waals surface area contributed by atoms with Crippen LogP contribution in [-0.2, 0) is 9.53 Å². The van der Waals surface area contributed by atoms with E-state index in [0.29, 0.717) is 6.54 Å². The number of aromatic nitrogens is 1. The van der Waals surface area contributed by atoms with E-state index >= 15 is 0 Å². The molecule has 2 heterocycles.